The molecule has 0 aliphatic carbocycles. The number of hydrogen-bond donors (Lipinski definition) is 1. The van der Waals surface area contributed by atoms with Crippen LogP contribution in [0.25, 0.3) is 11.4 Å². The Hall–Kier alpha value is -3.55. The van der Waals surface area contributed by atoms with E-state index in [0.717, 1.165) is 5.56 Å². The van der Waals surface area contributed by atoms with E-state index in [0.29, 0.717) is 28.6 Å². The van der Waals surface area contributed by atoms with Crippen LogP contribution in [0.3, 0.4) is 0 Å². The molecule has 1 unspecified atom stereocenters. The Morgan fingerprint density at radius 2 is 2.07 bits per heavy atom. The monoisotopic (exact) mass is 379 g/mol. The van der Waals surface area contributed by atoms with Crippen molar-refractivity contribution in [2.75, 3.05) is 11.9 Å². The molecule has 3 aromatic rings. The number of carbonyl (C=O) groups is 1. The Balaban J connectivity index is 1.86. The van der Waals surface area contributed by atoms with E-state index in [1.54, 1.807) is 49.1 Å². The van der Waals surface area contributed by atoms with Crippen molar-refractivity contribution in [1.29, 1.82) is 0 Å². The van der Waals surface area contributed by atoms with Crippen molar-refractivity contribution >= 4 is 11.9 Å². The fourth-order valence-corrected chi connectivity index (χ4v) is 3.19. The van der Waals surface area contributed by atoms with Gasteiger partial charge in [0.15, 0.2) is 5.82 Å². The molecule has 0 fully saturated rings. The molecule has 0 saturated heterocycles. The summed E-state index contributed by atoms with van der Waals surface area (Å²) in [6, 6.07) is 9.04. The van der Waals surface area contributed by atoms with Crippen molar-refractivity contribution in [3.8, 4) is 11.4 Å². The third-order valence-electron chi connectivity index (χ3n) is 4.45. The van der Waals surface area contributed by atoms with Gasteiger partial charge in [0.2, 0.25) is 5.95 Å². The first kappa shape index (κ1) is 17.8. The number of nitrogens with zero attached hydrogens (tertiary/aromatic N) is 4. The van der Waals surface area contributed by atoms with Crippen LogP contribution in [0.4, 0.5) is 10.3 Å². The molecule has 1 atom stereocenters. The Bertz CT molecular complexity index is 1040. The number of benzene rings is 1. The second-order valence-corrected chi connectivity index (χ2v) is 6.28. The number of pyridine rings is 1. The first-order valence-corrected chi connectivity index (χ1v) is 8.85. The summed E-state index contributed by atoms with van der Waals surface area (Å²) in [5, 5.41) is 7.72. The van der Waals surface area contributed by atoms with Gasteiger partial charge in [-0.2, -0.15) is 4.98 Å². The number of esters is 1. The average Bonchev–Trinajstić information content (AvgIpc) is 3.12. The van der Waals surface area contributed by atoms with Gasteiger partial charge in [-0.05, 0) is 43.7 Å². The molecule has 1 aliphatic heterocycles. The van der Waals surface area contributed by atoms with Crippen LogP contribution in [0.2, 0.25) is 0 Å². The molecule has 7 nitrogen and oxygen atoms in total. The van der Waals surface area contributed by atoms with Gasteiger partial charge in [0.1, 0.15) is 11.9 Å². The van der Waals surface area contributed by atoms with Gasteiger partial charge in [-0.1, -0.05) is 12.1 Å². The summed E-state index contributed by atoms with van der Waals surface area (Å²) < 4.78 is 20.3. The van der Waals surface area contributed by atoms with Crippen LogP contribution >= 0.6 is 0 Å². The summed E-state index contributed by atoms with van der Waals surface area (Å²) in [6.07, 6.45) is 3.34. The topological polar surface area (TPSA) is 81.9 Å². The molecule has 0 spiro atoms. The number of halogens is 1. The maximum Gasteiger partial charge on any atom is 0.338 e. The van der Waals surface area contributed by atoms with Crippen molar-refractivity contribution in [2.45, 2.75) is 19.9 Å². The summed E-state index contributed by atoms with van der Waals surface area (Å²) in [4.78, 5) is 21.3. The minimum absolute atomic E-state index is 0.247. The highest BCUT2D eigenvalue weighted by Gasteiger charge is 2.35. The average molecular weight is 379 g/mol. The van der Waals surface area contributed by atoms with E-state index in [1.165, 1.54) is 12.1 Å². The number of allylic oxidation sites excluding steroid dienone is 1. The number of carbonyl (C=O) groups excluding carboxylic acids is 1. The summed E-state index contributed by atoms with van der Waals surface area (Å²) >= 11 is 0. The van der Waals surface area contributed by atoms with Crippen molar-refractivity contribution in [3.05, 3.63) is 71.4 Å². The van der Waals surface area contributed by atoms with Gasteiger partial charge in [0.25, 0.3) is 0 Å². The van der Waals surface area contributed by atoms with E-state index in [4.69, 9.17) is 4.74 Å². The standard InChI is InChI=1S/C20H18FN5O2/c1-3-28-19(27)16-12(2)23-20-24-18(14-5-4-10-22-11-14)25-26(20)17(16)13-6-8-15(21)9-7-13/h4-11,17H,3H2,1-2H3,(H,23,24,25). The number of hydrogen-bond acceptors (Lipinski definition) is 6. The van der Waals surface area contributed by atoms with Crippen LogP contribution in [0.5, 0.6) is 0 Å². The Labute approximate surface area is 160 Å². The molecular formula is C20H18FN5O2. The molecule has 1 aliphatic rings. The number of aromatic nitrogens is 4. The summed E-state index contributed by atoms with van der Waals surface area (Å²) in [6.45, 7) is 3.78. The Kier molecular flexibility index (Phi) is 4.60. The minimum atomic E-state index is -0.589. The van der Waals surface area contributed by atoms with Crippen LogP contribution in [-0.4, -0.2) is 32.3 Å². The summed E-state index contributed by atoms with van der Waals surface area (Å²) in [5.41, 5.74) is 2.47. The molecular weight excluding hydrogens is 361 g/mol. The van der Waals surface area contributed by atoms with Crippen molar-refractivity contribution < 1.29 is 13.9 Å². The number of nitrogens with one attached hydrogen (secondary N) is 1. The van der Waals surface area contributed by atoms with Gasteiger partial charge in [0, 0.05) is 23.7 Å². The van der Waals surface area contributed by atoms with Crippen molar-refractivity contribution in [1.82, 2.24) is 19.7 Å². The van der Waals surface area contributed by atoms with E-state index in [-0.39, 0.29) is 12.4 Å². The lowest BCUT2D eigenvalue weighted by atomic mass is 9.96. The number of fused-ring (bicyclic) bond motifs is 1. The number of anilines is 1. The van der Waals surface area contributed by atoms with Crippen LogP contribution < -0.4 is 5.32 Å². The van der Waals surface area contributed by atoms with E-state index >= 15 is 0 Å². The molecule has 4 rings (SSSR count). The Morgan fingerprint density at radius 1 is 1.29 bits per heavy atom. The number of rotatable bonds is 4. The van der Waals surface area contributed by atoms with Gasteiger partial charge >= 0.3 is 5.97 Å². The zero-order valence-electron chi connectivity index (χ0n) is 15.4. The van der Waals surface area contributed by atoms with Gasteiger partial charge in [-0.25, -0.2) is 13.9 Å². The van der Waals surface area contributed by atoms with E-state index in [2.05, 4.69) is 20.4 Å². The van der Waals surface area contributed by atoms with E-state index < -0.39 is 12.0 Å². The number of ether oxygens (including phenoxy) is 1. The predicted octanol–water partition coefficient (Wildman–Crippen LogP) is 3.33. The molecule has 0 saturated carbocycles. The highest BCUT2D eigenvalue weighted by Crippen LogP contribution is 2.36. The maximum atomic E-state index is 13.5. The first-order valence-electron chi connectivity index (χ1n) is 8.85. The molecule has 3 heterocycles. The van der Waals surface area contributed by atoms with Gasteiger partial charge < -0.3 is 10.1 Å². The molecule has 2 aromatic heterocycles. The predicted molar refractivity (Wildman–Crippen MR) is 101 cm³/mol. The second-order valence-electron chi connectivity index (χ2n) is 6.28. The highest BCUT2D eigenvalue weighted by molar-refractivity contribution is 5.92. The third kappa shape index (κ3) is 3.13. The quantitative estimate of drug-likeness (QED) is 0.700. The van der Waals surface area contributed by atoms with Gasteiger partial charge in [-0.3, -0.25) is 4.98 Å². The normalized spacial score (nSPS) is 15.8. The SMILES string of the molecule is CCOC(=O)C1=C(C)Nc2nc(-c3cccnc3)nn2C1c1ccc(F)cc1. The molecule has 1 N–H and O–H groups in total. The van der Waals surface area contributed by atoms with E-state index in [1.807, 2.05) is 6.07 Å². The highest BCUT2D eigenvalue weighted by atomic mass is 19.1. The lowest BCUT2D eigenvalue weighted by molar-refractivity contribution is -0.139. The third-order valence-corrected chi connectivity index (χ3v) is 4.45. The molecule has 28 heavy (non-hydrogen) atoms. The van der Waals surface area contributed by atoms with Crippen molar-refractivity contribution in [3.63, 3.8) is 0 Å². The molecule has 142 valence electrons. The van der Waals surface area contributed by atoms with Crippen LogP contribution in [0, 0.1) is 5.82 Å². The molecule has 1 aromatic carbocycles. The molecule has 0 bridgehead atoms. The summed E-state index contributed by atoms with van der Waals surface area (Å²) in [7, 11) is 0. The van der Waals surface area contributed by atoms with Crippen LogP contribution in [0.15, 0.2) is 60.1 Å². The van der Waals surface area contributed by atoms with E-state index in [9.17, 15) is 9.18 Å². The fraction of sp³-hybridized carbons (Fsp3) is 0.200. The molecule has 0 amide bonds. The van der Waals surface area contributed by atoms with Crippen molar-refractivity contribution in [2.24, 2.45) is 0 Å². The zero-order chi connectivity index (χ0) is 19.7. The van der Waals surface area contributed by atoms with Gasteiger partial charge in [-0.15, -0.1) is 5.10 Å². The second kappa shape index (κ2) is 7.22. The maximum absolute atomic E-state index is 13.5. The Morgan fingerprint density at radius 3 is 2.75 bits per heavy atom. The zero-order valence-corrected chi connectivity index (χ0v) is 15.4. The van der Waals surface area contributed by atoms with Gasteiger partial charge in [0.05, 0.1) is 12.2 Å². The molecule has 8 heteroatoms. The molecule has 0 radical (unpaired) electrons. The summed E-state index contributed by atoms with van der Waals surface area (Å²) in [5.74, 6) is 0.149. The lowest BCUT2D eigenvalue weighted by Crippen LogP contribution is -2.29. The largest absolute Gasteiger partial charge is 0.463 e. The smallest absolute Gasteiger partial charge is 0.338 e. The minimum Gasteiger partial charge on any atom is -0.463 e. The first-order chi connectivity index (χ1) is 13.6. The lowest BCUT2D eigenvalue weighted by Gasteiger charge is -2.28. The van der Waals surface area contributed by atoms with Crippen LogP contribution in [-0.2, 0) is 9.53 Å². The fourth-order valence-electron chi connectivity index (χ4n) is 3.19. The van der Waals surface area contributed by atoms with Crippen LogP contribution in [0.1, 0.15) is 25.5 Å².